The fraction of sp³-hybridized carbons (Fsp3) is 0.455. The van der Waals surface area contributed by atoms with Crippen molar-refractivity contribution in [3.63, 3.8) is 0 Å². The molecule has 11 nitrogen and oxygen atoms in total. The van der Waals surface area contributed by atoms with E-state index in [-0.39, 0.29) is 52.7 Å². The molecule has 4 aliphatic rings. The van der Waals surface area contributed by atoms with Gasteiger partial charge in [-0.25, -0.2) is 0 Å². The Morgan fingerprint density at radius 2 is 1.80 bits per heavy atom. The van der Waals surface area contributed by atoms with Gasteiger partial charge in [-0.15, -0.1) is 0 Å². The number of ketones is 1. The SMILES string of the molecule is CCc1cc(N2C(=S)N(c3ccc(C#N)c(C(F)(F)F)c3)C(=O)C23CCC3)ccc1OCCN1CCN(CC(=O)Cc2cc(Cl)cc(CC3CCC(=O)NC3=O)c2)[C@H](C)C1. The molecule has 16 heteroatoms. The van der Waals surface area contributed by atoms with E-state index in [0.717, 1.165) is 48.3 Å². The molecule has 4 fully saturated rings. The van der Waals surface area contributed by atoms with Crippen molar-refractivity contribution in [3.05, 3.63) is 87.4 Å². The van der Waals surface area contributed by atoms with Crippen molar-refractivity contribution >= 4 is 63.8 Å². The molecule has 3 aromatic carbocycles. The molecule has 7 rings (SSSR count). The van der Waals surface area contributed by atoms with Gasteiger partial charge >= 0.3 is 6.18 Å². The first kappa shape index (κ1) is 43.2. The summed E-state index contributed by atoms with van der Waals surface area (Å²) in [4.78, 5) is 58.5. The lowest BCUT2D eigenvalue weighted by Crippen LogP contribution is -2.55. The van der Waals surface area contributed by atoms with Gasteiger partial charge in [-0.2, -0.15) is 18.4 Å². The van der Waals surface area contributed by atoms with E-state index < -0.39 is 22.8 Å². The van der Waals surface area contributed by atoms with E-state index in [4.69, 9.17) is 28.6 Å². The van der Waals surface area contributed by atoms with Crippen molar-refractivity contribution in [3.8, 4) is 11.8 Å². The number of nitrogens with zero attached hydrogens (tertiary/aromatic N) is 5. The normalized spacial score (nSPS) is 20.9. The number of Topliss-reactive ketones (excluding diaryl/α,β-unsaturated/α-hetero) is 1. The van der Waals surface area contributed by atoms with E-state index in [1.807, 2.05) is 31.2 Å². The number of halogens is 4. The molecule has 3 aromatic rings. The fourth-order valence-electron chi connectivity index (χ4n) is 8.79. The second-order valence-corrected chi connectivity index (χ2v) is 16.9. The molecule has 60 heavy (non-hydrogen) atoms. The third kappa shape index (κ3) is 8.93. The average Bonchev–Trinajstić information content (AvgIpc) is 3.42. The van der Waals surface area contributed by atoms with Crippen LogP contribution in [0.5, 0.6) is 5.75 Å². The van der Waals surface area contributed by atoms with Crippen molar-refractivity contribution < 1.29 is 37.1 Å². The van der Waals surface area contributed by atoms with E-state index in [2.05, 4.69) is 22.0 Å². The molecule has 0 aromatic heterocycles. The Balaban J connectivity index is 0.931. The minimum absolute atomic E-state index is 0.0287. The topological polar surface area (TPSA) is 126 Å². The van der Waals surface area contributed by atoms with Crippen molar-refractivity contribution in [1.82, 2.24) is 15.1 Å². The highest BCUT2D eigenvalue weighted by Gasteiger charge is 2.59. The number of thiocarbonyl (C=S) groups is 1. The van der Waals surface area contributed by atoms with Crippen molar-refractivity contribution in [2.24, 2.45) is 5.92 Å². The Kier molecular flexibility index (Phi) is 12.7. The molecule has 1 saturated carbocycles. The molecule has 0 bridgehead atoms. The number of aryl methyl sites for hydroxylation is 1. The Labute approximate surface area is 357 Å². The van der Waals surface area contributed by atoms with Crippen LogP contribution in [0.3, 0.4) is 0 Å². The molecular formula is C44H46ClF3N6O5S. The highest BCUT2D eigenvalue weighted by Crippen LogP contribution is 2.49. The summed E-state index contributed by atoms with van der Waals surface area (Å²) in [5.41, 5.74) is 0.535. The Bertz CT molecular complexity index is 2260. The number of nitriles is 1. The summed E-state index contributed by atoms with van der Waals surface area (Å²) in [6, 6.07) is 16.1. The van der Waals surface area contributed by atoms with Crippen LogP contribution in [0, 0.1) is 17.2 Å². The maximum absolute atomic E-state index is 14.0. The van der Waals surface area contributed by atoms with E-state index in [1.165, 1.54) is 11.0 Å². The van der Waals surface area contributed by atoms with Crippen LogP contribution >= 0.6 is 23.8 Å². The van der Waals surface area contributed by atoms with E-state index >= 15 is 0 Å². The number of anilines is 2. The summed E-state index contributed by atoms with van der Waals surface area (Å²) in [7, 11) is 0. The van der Waals surface area contributed by atoms with Gasteiger partial charge in [-0.05, 0) is 123 Å². The van der Waals surface area contributed by atoms with Crippen molar-refractivity contribution in [1.29, 1.82) is 5.26 Å². The van der Waals surface area contributed by atoms with Gasteiger partial charge in [-0.3, -0.25) is 39.2 Å². The highest BCUT2D eigenvalue weighted by molar-refractivity contribution is 7.81. The molecule has 3 amide bonds. The number of alkyl halides is 3. The van der Waals surface area contributed by atoms with Gasteiger partial charge in [0.05, 0.1) is 29.4 Å². The molecule has 1 aliphatic carbocycles. The lowest BCUT2D eigenvalue weighted by atomic mass is 9.75. The molecule has 3 heterocycles. The van der Waals surface area contributed by atoms with Crippen LogP contribution in [0.25, 0.3) is 0 Å². The number of benzene rings is 3. The van der Waals surface area contributed by atoms with Gasteiger partial charge in [0, 0.05) is 61.7 Å². The lowest BCUT2D eigenvalue weighted by Gasteiger charge is -2.43. The van der Waals surface area contributed by atoms with E-state index in [0.29, 0.717) is 81.2 Å². The zero-order valence-corrected chi connectivity index (χ0v) is 35.0. The standard InChI is InChI=1S/C44H46ClF3N6O5S/c1-3-30-22-35(54-42(60)53(41(58)43(54)11-4-12-43)34-7-5-32(24-49)37(23-34)44(46,47)48)8-9-38(30)59-16-15-51-13-14-52(27(2)25-51)26-36(55)21-29-17-28(19-33(45)20-29)18-31-6-10-39(56)50-40(31)57/h5,7-9,17,19-20,22-23,27,31H,3-4,6,10-16,18,21,25-26H2,1-2H3,(H,50,56,57)/t27-,31?/m1/s1. The number of ether oxygens (including phenoxy) is 1. The Morgan fingerprint density at radius 3 is 2.47 bits per heavy atom. The van der Waals surface area contributed by atoms with Crippen LogP contribution in [0.4, 0.5) is 24.5 Å². The van der Waals surface area contributed by atoms with Gasteiger partial charge in [0.25, 0.3) is 5.91 Å². The first-order chi connectivity index (χ1) is 28.6. The highest BCUT2D eigenvalue weighted by atomic mass is 35.5. The van der Waals surface area contributed by atoms with Crippen LogP contribution in [0.15, 0.2) is 54.6 Å². The Morgan fingerprint density at radius 1 is 1.05 bits per heavy atom. The quantitative estimate of drug-likeness (QED) is 0.148. The summed E-state index contributed by atoms with van der Waals surface area (Å²) in [6.07, 6.45) is -0.921. The molecular weight excluding hydrogens is 817 g/mol. The largest absolute Gasteiger partial charge is 0.492 e. The first-order valence-electron chi connectivity index (χ1n) is 20.3. The van der Waals surface area contributed by atoms with Gasteiger partial charge in [0.15, 0.2) is 10.9 Å². The number of hydrogen-bond acceptors (Lipinski definition) is 9. The minimum Gasteiger partial charge on any atom is -0.492 e. The molecule has 1 spiro atoms. The smallest absolute Gasteiger partial charge is 0.417 e. The number of rotatable bonds is 13. The van der Waals surface area contributed by atoms with Gasteiger partial charge in [0.2, 0.25) is 11.8 Å². The number of piperazine rings is 1. The van der Waals surface area contributed by atoms with E-state index in [9.17, 15) is 37.6 Å². The maximum atomic E-state index is 14.0. The number of amides is 3. The summed E-state index contributed by atoms with van der Waals surface area (Å²) in [5.74, 6) is -0.459. The number of hydrogen-bond donors (Lipinski definition) is 1. The predicted octanol–water partition coefficient (Wildman–Crippen LogP) is 6.65. The second kappa shape index (κ2) is 17.6. The summed E-state index contributed by atoms with van der Waals surface area (Å²) >= 11 is 12.2. The van der Waals surface area contributed by atoms with Crippen LogP contribution in [0.1, 0.15) is 73.8 Å². The Hall–Kier alpha value is -4.88. The summed E-state index contributed by atoms with van der Waals surface area (Å²) in [5, 5.41) is 12.3. The molecule has 2 atom stereocenters. The summed E-state index contributed by atoms with van der Waals surface area (Å²) in [6.45, 7) is 7.73. The number of nitrogens with one attached hydrogen (secondary N) is 1. The lowest BCUT2D eigenvalue weighted by molar-refractivity contribution is -0.138. The molecule has 0 radical (unpaired) electrons. The van der Waals surface area contributed by atoms with Crippen molar-refractivity contribution in [2.75, 3.05) is 49.1 Å². The molecule has 1 N–H and O–H groups in total. The molecule has 3 aliphatic heterocycles. The zero-order chi connectivity index (χ0) is 42.9. The fourth-order valence-corrected chi connectivity index (χ4v) is 9.54. The van der Waals surface area contributed by atoms with Gasteiger partial charge in [-0.1, -0.05) is 24.6 Å². The van der Waals surface area contributed by atoms with Crippen LogP contribution in [0.2, 0.25) is 5.02 Å². The number of carbonyl (C=O) groups excluding carboxylic acids is 4. The first-order valence-corrected chi connectivity index (χ1v) is 21.0. The van der Waals surface area contributed by atoms with Crippen LogP contribution < -0.4 is 19.9 Å². The summed E-state index contributed by atoms with van der Waals surface area (Å²) < 4.78 is 47.9. The maximum Gasteiger partial charge on any atom is 0.417 e. The zero-order valence-electron chi connectivity index (χ0n) is 33.4. The third-order valence-corrected chi connectivity index (χ3v) is 12.7. The number of piperidine rings is 1. The second-order valence-electron chi connectivity index (χ2n) is 16.1. The van der Waals surface area contributed by atoms with Crippen molar-refractivity contribution in [2.45, 2.75) is 83.0 Å². The molecule has 3 saturated heterocycles. The molecule has 1 unspecified atom stereocenters. The molecule has 316 valence electrons. The average molecular weight is 863 g/mol. The van der Waals surface area contributed by atoms with Crippen LogP contribution in [-0.4, -0.2) is 89.3 Å². The third-order valence-electron chi connectivity index (χ3n) is 12.1. The van der Waals surface area contributed by atoms with Crippen LogP contribution in [-0.2, 0) is 44.6 Å². The monoisotopic (exact) mass is 862 g/mol. The van der Waals surface area contributed by atoms with Gasteiger partial charge < -0.3 is 9.64 Å². The van der Waals surface area contributed by atoms with E-state index in [1.54, 1.807) is 23.1 Å². The van der Waals surface area contributed by atoms with Gasteiger partial charge in [0.1, 0.15) is 17.9 Å². The number of imide groups is 1. The predicted molar refractivity (Wildman–Crippen MR) is 224 cm³/mol. The minimum atomic E-state index is -4.78. The number of carbonyl (C=O) groups is 4.